The van der Waals surface area contributed by atoms with Crippen LogP contribution in [0, 0.1) is 0 Å². The third-order valence-electron chi connectivity index (χ3n) is 2.34. The van der Waals surface area contributed by atoms with Crippen molar-refractivity contribution in [3.63, 3.8) is 0 Å². The van der Waals surface area contributed by atoms with Crippen molar-refractivity contribution in [3.8, 4) is 17.2 Å². The summed E-state index contributed by atoms with van der Waals surface area (Å²) in [5.41, 5.74) is 0. The van der Waals surface area contributed by atoms with Crippen molar-refractivity contribution in [2.24, 2.45) is 0 Å². The molecule has 2 aromatic carbocycles. The maximum absolute atomic E-state index is 10.7. The molecule has 5 heteroatoms. The van der Waals surface area contributed by atoms with Crippen molar-refractivity contribution < 1.29 is 17.9 Å². The molecule has 0 fully saturated rings. The Morgan fingerprint density at radius 3 is 2.06 bits per heavy atom. The highest BCUT2D eigenvalue weighted by molar-refractivity contribution is 7.72. The lowest BCUT2D eigenvalue weighted by molar-refractivity contribution is 0.379. The van der Waals surface area contributed by atoms with E-state index in [1.807, 2.05) is 12.1 Å². The Morgan fingerprint density at radius 1 is 0.889 bits per heavy atom. The monoisotopic (exact) mass is 264 g/mol. The first kappa shape index (κ1) is 12.4. The largest absolute Gasteiger partial charge is 0.493 e. The average Bonchev–Trinajstić information content (AvgIpc) is 2.40. The van der Waals surface area contributed by atoms with Crippen LogP contribution in [0.5, 0.6) is 17.2 Å². The lowest BCUT2D eigenvalue weighted by Gasteiger charge is -2.09. The number of para-hydroxylation sites is 2. The molecular weight excluding hydrogens is 252 g/mol. The van der Waals surface area contributed by atoms with E-state index in [1.54, 1.807) is 31.4 Å². The SMILES string of the molecule is COc1ccccc1Oc1ccc([SH](=O)=O)cc1. The third-order valence-corrected chi connectivity index (χ3v) is 3.06. The smallest absolute Gasteiger partial charge is 0.169 e. The van der Waals surface area contributed by atoms with Gasteiger partial charge in [0.2, 0.25) is 0 Å². The molecule has 0 saturated carbocycles. The van der Waals surface area contributed by atoms with Gasteiger partial charge in [0, 0.05) is 0 Å². The van der Waals surface area contributed by atoms with E-state index >= 15 is 0 Å². The van der Waals surface area contributed by atoms with Gasteiger partial charge in [0.05, 0.1) is 12.0 Å². The number of rotatable bonds is 4. The summed E-state index contributed by atoms with van der Waals surface area (Å²) in [6.07, 6.45) is 0. The molecule has 2 rings (SSSR count). The molecule has 0 atom stereocenters. The molecule has 0 aliphatic heterocycles. The Balaban J connectivity index is 2.23. The molecule has 0 N–H and O–H groups in total. The minimum atomic E-state index is -2.56. The van der Waals surface area contributed by atoms with Crippen molar-refractivity contribution in [2.75, 3.05) is 7.11 Å². The standard InChI is InChI=1S/C13H12O4S/c1-16-12-4-2-3-5-13(12)17-10-6-8-11(9-7-10)18(14)15/h2-9,18H,1H3. The van der Waals surface area contributed by atoms with E-state index in [1.165, 1.54) is 12.1 Å². The van der Waals surface area contributed by atoms with Gasteiger partial charge >= 0.3 is 0 Å². The van der Waals surface area contributed by atoms with Crippen LogP contribution in [-0.2, 0) is 10.7 Å². The third kappa shape index (κ3) is 2.81. The minimum absolute atomic E-state index is 0.261. The number of ether oxygens (including phenoxy) is 2. The van der Waals surface area contributed by atoms with Gasteiger partial charge in [-0.1, -0.05) is 12.1 Å². The highest BCUT2D eigenvalue weighted by Gasteiger charge is 2.04. The maximum atomic E-state index is 10.7. The quantitative estimate of drug-likeness (QED) is 0.862. The number of methoxy groups -OCH3 is 1. The highest BCUT2D eigenvalue weighted by Crippen LogP contribution is 2.30. The van der Waals surface area contributed by atoms with Crippen molar-refractivity contribution in [1.82, 2.24) is 0 Å². The summed E-state index contributed by atoms with van der Waals surface area (Å²) in [6, 6.07) is 13.4. The lowest BCUT2D eigenvalue weighted by Crippen LogP contribution is -1.90. The summed E-state index contributed by atoms with van der Waals surface area (Å²) in [4.78, 5) is 0.261. The lowest BCUT2D eigenvalue weighted by atomic mass is 10.3. The number of hydrogen-bond acceptors (Lipinski definition) is 4. The second kappa shape index (κ2) is 5.55. The van der Waals surface area contributed by atoms with Crippen LogP contribution in [0.15, 0.2) is 53.4 Å². The van der Waals surface area contributed by atoms with E-state index in [4.69, 9.17) is 9.47 Å². The average molecular weight is 264 g/mol. The van der Waals surface area contributed by atoms with Crippen LogP contribution >= 0.6 is 0 Å². The number of hydrogen-bond donors (Lipinski definition) is 1. The van der Waals surface area contributed by atoms with Crippen LogP contribution in [0.2, 0.25) is 0 Å². The van der Waals surface area contributed by atoms with E-state index < -0.39 is 10.7 Å². The molecule has 0 heterocycles. The molecule has 4 nitrogen and oxygen atoms in total. The zero-order valence-electron chi connectivity index (χ0n) is 9.70. The molecule has 0 aliphatic rings. The second-order valence-corrected chi connectivity index (χ2v) is 4.53. The van der Waals surface area contributed by atoms with Crippen molar-refractivity contribution in [3.05, 3.63) is 48.5 Å². The fraction of sp³-hybridized carbons (Fsp3) is 0.0769. The van der Waals surface area contributed by atoms with Crippen molar-refractivity contribution >= 4 is 10.7 Å². The first-order valence-electron chi connectivity index (χ1n) is 5.26. The van der Waals surface area contributed by atoms with E-state index in [0.717, 1.165) is 0 Å². The van der Waals surface area contributed by atoms with Gasteiger partial charge in [-0.15, -0.1) is 0 Å². The molecule has 0 aromatic heterocycles. The van der Waals surface area contributed by atoms with Crippen LogP contribution in [-0.4, -0.2) is 15.5 Å². The van der Waals surface area contributed by atoms with Crippen LogP contribution in [0.1, 0.15) is 0 Å². The Kier molecular flexibility index (Phi) is 3.84. The zero-order chi connectivity index (χ0) is 13.0. The van der Waals surface area contributed by atoms with Gasteiger partial charge in [0.15, 0.2) is 22.2 Å². The molecule has 0 saturated heterocycles. The summed E-state index contributed by atoms with van der Waals surface area (Å²) in [5, 5.41) is 0. The zero-order valence-corrected chi connectivity index (χ0v) is 10.6. The Morgan fingerprint density at radius 2 is 1.50 bits per heavy atom. The number of thiol groups is 1. The van der Waals surface area contributed by atoms with Crippen LogP contribution < -0.4 is 9.47 Å². The van der Waals surface area contributed by atoms with Crippen LogP contribution in [0.3, 0.4) is 0 Å². The maximum Gasteiger partial charge on any atom is 0.169 e. The molecule has 0 unspecified atom stereocenters. The molecule has 2 aromatic rings. The van der Waals surface area contributed by atoms with Gasteiger partial charge in [-0.3, -0.25) is 0 Å². The Labute approximate surface area is 107 Å². The van der Waals surface area contributed by atoms with Gasteiger partial charge in [-0.25, -0.2) is 8.42 Å². The summed E-state index contributed by atoms with van der Waals surface area (Å²) in [6.45, 7) is 0. The molecule has 0 aliphatic carbocycles. The normalized spacial score (nSPS) is 10.3. The molecular formula is C13H12O4S. The molecule has 0 bridgehead atoms. The topological polar surface area (TPSA) is 52.6 Å². The van der Waals surface area contributed by atoms with Crippen LogP contribution in [0.25, 0.3) is 0 Å². The minimum Gasteiger partial charge on any atom is -0.493 e. The van der Waals surface area contributed by atoms with E-state index in [9.17, 15) is 8.42 Å². The fourth-order valence-electron chi connectivity index (χ4n) is 1.47. The molecule has 0 amide bonds. The summed E-state index contributed by atoms with van der Waals surface area (Å²) >= 11 is 0. The Hall–Kier alpha value is -2.01. The predicted octanol–water partition coefficient (Wildman–Crippen LogP) is 2.46. The van der Waals surface area contributed by atoms with Gasteiger partial charge in [0.25, 0.3) is 0 Å². The summed E-state index contributed by atoms with van der Waals surface area (Å²) in [5.74, 6) is 1.76. The summed E-state index contributed by atoms with van der Waals surface area (Å²) < 4.78 is 32.3. The predicted molar refractivity (Wildman–Crippen MR) is 68.1 cm³/mol. The van der Waals surface area contributed by atoms with Crippen molar-refractivity contribution in [2.45, 2.75) is 4.90 Å². The van der Waals surface area contributed by atoms with Gasteiger partial charge in [-0.05, 0) is 36.4 Å². The van der Waals surface area contributed by atoms with E-state index in [2.05, 4.69) is 0 Å². The number of benzene rings is 2. The second-order valence-electron chi connectivity index (χ2n) is 3.50. The van der Waals surface area contributed by atoms with Gasteiger partial charge in [-0.2, -0.15) is 0 Å². The van der Waals surface area contributed by atoms with E-state index in [0.29, 0.717) is 17.2 Å². The Bertz CT molecular complexity index is 595. The van der Waals surface area contributed by atoms with Gasteiger partial charge < -0.3 is 9.47 Å². The first-order valence-corrected chi connectivity index (χ1v) is 6.44. The molecule has 0 radical (unpaired) electrons. The van der Waals surface area contributed by atoms with Crippen molar-refractivity contribution in [1.29, 1.82) is 0 Å². The first-order chi connectivity index (χ1) is 8.70. The van der Waals surface area contributed by atoms with Gasteiger partial charge in [0.1, 0.15) is 5.75 Å². The molecule has 94 valence electrons. The van der Waals surface area contributed by atoms with E-state index in [-0.39, 0.29) is 4.90 Å². The molecule has 18 heavy (non-hydrogen) atoms. The summed E-state index contributed by atoms with van der Waals surface area (Å²) in [7, 11) is -0.994. The highest BCUT2D eigenvalue weighted by atomic mass is 32.2. The fourth-order valence-corrected chi connectivity index (χ4v) is 1.86. The van der Waals surface area contributed by atoms with Crippen LogP contribution in [0.4, 0.5) is 0 Å². The molecule has 0 spiro atoms.